The molecule has 0 radical (unpaired) electrons. The zero-order valence-electron chi connectivity index (χ0n) is 21.0. The Hall–Kier alpha value is -3.68. The van der Waals surface area contributed by atoms with Crippen molar-refractivity contribution in [1.29, 1.82) is 0 Å². The third-order valence-electron chi connectivity index (χ3n) is 6.83. The minimum absolute atomic E-state index is 0.216. The predicted octanol–water partition coefficient (Wildman–Crippen LogP) is 4.14. The molecular weight excluding hydrogens is 472 g/mol. The molecule has 0 bridgehead atoms. The van der Waals surface area contributed by atoms with Crippen molar-refractivity contribution in [2.45, 2.75) is 69.6 Å². The molecule has 2 heterocycles. The fourth-order valence-corrected chi connectivity index (χ4v) is 4.71. The minimum atomic E-state index is -0.388. The highest BCUT2D eigenvalue weighted by molar-refractivity contribution is 6.06. The Balaban J connectivity index is 0.993. The molecule has 2 aliphatic heterocycles. The van der Waals surface area contributed by atoms with Crippen molar-refractivity contribution in [3.8, 4) is 11.5 Å². The molecule has 2 aliphatic rings. The van der Waals surface area contributed by atoms with Gasteiger partial charge in [-0.05, 0) is 48.2 Å². The highest BCUT2D eigenvalue weighted by Crippen LogP contribution is 2.27. The number of rotatable bonds is 14. The lowest BCUT2D eigenvalue weighted by atomic mass is 9.98. The van der Waals surface area contributed by atoms with Crippen LogP contribution in [0.3, 0.4) is 0 Å². The van der Waals surface area contributed by atoms with E-state index in [0.717, 1.165) is 48.3 Å². The van der Waals surface area contributed by atoms with Crippen molar-refractivity contribution in [1.82, 2.24) is 10.6 Å². The molecule has 37 heavy (non-hydrogen) atoms. The molecule has 0 aliphatic carbocycles. The molecular formula is C29H34N2O6. The summed E-state index contributed by atoms with van der Waals surface area (Å²) in [5, 5.41) is 4.68. The van der Waals surface area contributed by atoms with Crippen LogP contribution in [-0.4, -0.2) is 36.8 Å². The third-order valence-corrected chi connectivity index (χ3v) is 6.83. The molecule has 0 aromatic heterocycles. The van der Waals surface area contributed by atoms with E-state index in [1.54, 1.807) is 0 Å². The lowest BCUT2D eigenvalue weighted by Crippen LogP contribution is -2.21. The van der Waals surface area contributed by atoms with Gasteiger partial charge in [-0.15, -0.1) is 0 Å². The van der Waals surface area contributed by atoms with Crippen LogP contribution in [0.25, 0.3) is 0 Å². The van der Waals surface area contributed by atoms with E-state index in [2.05, 4.69) is 10.6 Å². The summed E-state index contributed by atoms with van der Waals surface area (Å²) in [6, 6.07) is 14.9. The summed E-state index contributed by atoms with van der Waals surface area (Å²) in [6.45, 7) is 1.33. The summed E-state index contributed by atoms with van der Waals surface area (Å²) in [5.74, 6) is -0.111. The van der Waals surface area contributed by atoms with Gasteiger partial charge in [-0.1, -0.05) is 56.4 Å². The van der Waals surface area contributed by atoms with E-state index in [9.17, 15) is 19.2 Å². The highest BCUT2D eigenvalue weighted by Gasteiger charge is 2.32. The maximum absolute atomic E-state index is 11.8. The maximum atomic E-state index is 11.8. The van der Waals surface area contributed by atoms with E-state index in [0.29, 0.717) is 13.2 Å². The number of hydrogen-bond acceptors (Lipinski definition) is 6. The Morgan fingerprint density at radius 1 is 0.541 bits per heavy atom. The van der Waals surface area contributed by atoms with Gasteiger partial charge in [-0.3, -0.25) is 29.8 Å². The van der Waals surface area contributed by atoms with Crippen LogP contribution in [0.1, 0.15) is 80.8 Å². The van der Waals surface area contributed by atoms with E-state index in [-0.39, 0.29) is 48.3 Å². The van der Waals surface area contributed by atoms with Crippen molar-refractivity contribution < 1.29 is 28.7 Å². The summed E-state index contributed by atoms with van der Waals surface area (Å²) < 4.78 is 11.6. The Bertz CT molecular complexity index is 1010. The number of nitrogens with one attached hydrogen (secondary N) is 2. The molecule has 2 atom stereocenters. The summed E-state index contributed by atoms with van der Waals surface area (Å²) in [5.41, 5.74) is 1.68. The van der Waals surface area contributed by atoms with Crippen LogP contribution < -0.4 is 20.1 Å². The van der Waals surface area contributed by atoms with Gasteiger partial charge in [0.15, 0.2) is 0 Å². The van der Waals surface area contributed by atoms with E-state index in [1.165, 1.54) is 19.3 Å². The monoisotopic (exact) mass is 506 g/mol. The molecule has 8 heteroatoms. The molecule has 2 N–H and O–H groups in total. The lowest BCUT2D eigenvalue weighted by Gasteiger charge is -2.10. The molecule has 0 spiro atoms. The van der Waals surface area contributed by atoms with Gasteiger partial charge >= 0.3 is 0 Å². The van der Waals surface area contributed by atoms with Crippen molar-refractivity contribution in [2.75, 3.05) is 13.2 Å². The van der Waals surface area contributed by atoms with Gasteiger partial charge in [0, 0.05) is 12.8 Å². The Kier molecular flexibility index (Phi) is 9.29. The number of carbonyl (C=O) groups excluding carboxylic acids is 4. The first-order valence-electron chi connectivity index (χ1n) is 13.1. The second-order valence-electron chi connectivity index (χ2n) is 9.65. The van der Waals surface area contributed by atoms with Gasteiger partial charge in [0.2, 0.25) is 23.6 Å². The zero-order valence-corrected chi connectivity index (χ0v) is 21.0. The fourth-order valence-electron chi connectivity index (χ4n) is 4.71. The van der Waals surface area contributed by atoms with Crippen LogP contribution in [0.5, 0.6) is 11.5 Å². The summed E-state index contributed by atoms with van der Waals surface area (Å²) in [6.07, 6.45) is 8.20. The first kappa shape index (κ1) is 26.4. The number of unbranched alkanes of at least 4 members (excludes halogenated alkanes) is 6. The van der Waals surface area contributed by atoms with Gasteiger partial charge in [0.1, 0.15) is 11.5 Å². The zero-order chi connectivity index (χ0) is 26.0. The second kappa shape index (κ2) is 13.0. The minimum Gasteiger partial charge on any atom is -0.494 e. The molecule has 0 saturated carbocycles. The molecule has 4 amide bonds. The summed E-state index contributed by atoms with van der Waals surface area (Å²) >= 11 is 0. The van der Waals surface area contributed by atoms with Crippen molar-refractivity contribution >= 4 is 23.6 Å². The van der Waals surface area contributed by atoms with Crippen molar-refractivity contribution in [3.63, 3.8) is 0 Å². The topological polar surface area (TPSA) is 111 Å². The van der Waals surface area contributed by atoms with E-state index in [1.807, 2.05) is 48.5 Å². The fraction of sp³-hybridized carbons (Fsp3) is 0.448. The smallest absolute Gasteiger partial charge is 0.234 e. The van der Waals surface area contributed by atoms with Gasteiger partial charge in [0.25, 0.3) is 0 Å². The van der Waals surface area contributed by atoms with Gasteiger partial charge in [-0.25, -0.2) is 0 Å². The molecule has 4 rings (SSSR count). The normalized spacial score (nSPS) is 19.1. The number of benzene rings is 2. The molecule has 8 nitrogen and oxygen atoms in total. The molecule has 2 saturated heterocycles. The number of amides is 4. The van der Waals surface area contributed by atoms with Crippen LogP contribution in [0.15, 0.2) is 48.5 Å². The van der Waals surface area contributed by atoms with Crippen LogP contribution >= 0.6 is 0 Å². The molecule has 2 fully saturated rings. The van der Waals surface area contributed by atoms with Gasteiger partial charge < -0.3 is 9.47 Å². The number of ether oxygens (including phenoxy) is 2. The SMILES string of the molecule is O=C1CC(c2ccc(OCCCCCCCCCOc3ccc(C4CC(=O)NC4=O)cc3)cc2)C(=O)N1. The Morgan fingerprint density at radius 3 is 1.22 bits per heavy atom. The van der Waals surface area contributed by atoms with Crippen LogP contribution in [-0.2, 0) is 19.2 Å². The number of imide groups is 2. The largest absolute Gasteiger partial charge is 0.494 e. The Labute approximate surface area is 217 Å². The molecule has 196 valence electrons. The molecule has 2 unspecified atom stereocenters. The van der Waals surface area contributed by atoms with E-state index >= 15 is 0 Å². The van der Waals surface area contributed by atoms with Crippen molar-refractivity contribution in [2.24, 2.45) is 0 Å². The third kappa shape index (κ3) is 7.65. The maximum Gasteiger partial charge on any atom is 0.234 e. The van der Waals surface area contributed by atoms with Crippen LogP contribution in [0.2, 0.25) is 0 Å². The number of carbonyl (C=O) groups is 4. The Morgan fingerprint density at radius 2 is 0.892 bits per heavy atom. The predicted molar refractivity (Wildman–Crippen MR) is 137 cm³/mol. The first-order chi connectivity index (χ1) is 18.0. The quantitative estimate of drug-likeness (QED) is 0.294. The number of hydrogen-bond donors (Lipinski definition) is 2. The van der Waals surface area contributed by atoms with E-state index < -0.39 is 0 Å². The lowest BCUT2D eigenvalue weighted by molar-refractivity contribution is -0.126. The van der Waals surface area contributed by atoms with Gasteiger partial charge in [0.05, 0.1) is 25.0 Å². The first-order valence-corrected chi connectivity index (χ1v) is 13.1. The average Bonchev–Trinajstić information content (AvgIpc) is 3.42. The standard InChI is InChI=1S/C29H34N2O6/c32-26-18-24(28(34)30-26)20-8-12-22(13-9-20)36-16-6-4-2-1-3-5-7-17-37-23-14-10-21(11-15-23)25-19-27(33)31-29(25)35/h8-15,24-25H,1-7,16-19H2,(H,30,32,34)(H,31,33,35). The second-order valence-corrected chi connectivity index (χ2v) is 9.65. The molecule has 2 aromatic rings. The highest BCUT2D eigenvalue weighted by atomic mass is 16.5. The molecule has 2 aromatic carbocycles. The van der Waals surface area contributed by atoms with Crippen LogP contribution in [0.4, 0.5) is 0 Å². The van der Waals surface area contributed by atoms with Crippen LogP contribution in [0, 0.1) is 0 Å². The van der Waals surface area contributed by atoms with Gasteiger partial charge in [-0.2, -0.15) is 0 Å². The summed E-state index contributed by atoms with van der Waals surface area (Å²) in [7, 11) is 0. The average molecular weight is 507 g/mol. The summed E-state index contributed by atoms with van der Waals surface area (Å²) in [4.78, 5) is 46.3. The van der Waals surface area contributed by atoms with E-state index in [4.69, 9.17) is 9.47 Å². The van der Waals surface area contributed by atoms with Crippen molar-refractivity contribution in [3.05, 3.63) is 59.7 Å².